The van der Waals surface area contributed by atoms with E-state index >= 15 is 0 Å². The van der Waals surface area contributed by atoms with Gasteiger partial charge in [-0.05, 0) is 18.4 Å². The molecule has 0 spiro atoms. The largest absolute Gasteiger partial charge is 0.368 e. The summed E-state index contributed by atoms with van der Waals surface area (Å²) in [5, 5.41) is 2.84. The Morgan fingerprint density at radius 2 is 1.86 bits per heavy atom. The minimum absolute atomic E-state index is 0.0351. The van der Waals surface area contributed by atoms with Crippen molar-refractivity contribution in [3.63, 3.8) is 0 Å². The first-order valence-corrected chi connectivity index (χ1v) is 7.79. The van der Waals surface area contributed by atoms with Gasteiger partial charge in [0.1, 0.15) is 6.04 Å². The van der Waals surface area contributed by atoms with Crippen molar-refractivity contribution in [2.45, 2.75) is 24.9 Å². The van der Waals surface area contributed by atoms with Crippen LogP contribution >= 0.6 is 0 Å². The van der Waals surface area contributed by atoms with Crippen molar-refractivity contribution in [3.8, 4) is 0 Å². The number of nitrogens with one attached hydrogen (secondary N) is 1. The highest BCUT2D eigenvalue weighted by molar-refractivity contribution is 5.81. The molecule has 6 heteroatoms. The third-order valence-electron chi connectivity index (χ3n) is 4.58. The number of urea groups is 1. The summed E-state index contributed by atoms with van der Waals surface area (Å²) in [5.74, 6) is -0.316. The van der Waals surface area contributed by atoms with E-state index in [1.165, 1.54) is 0 Å². The number of amides is 3. The van der Waals surface area contributed by atoms with Crippen LogP contribution in [0.3, 0.4) is 0 Å². The molecule has 0 unspecified atom stereocenters. The molecule has 1 aromatic carbocycles. The first kappa shape index (κ1) is 14.8. The van der Waals surface area contributed by atoms with Gasteiger partial charge in [-0.25, -0.2) is 4.79 Å². The Kier molecular flexibility index (Phi) is 4.29. The van der Waals surface area contributed by atoms with E-state index in [0.29, 0.717) is 0 Å². The van der Waals surface area contributed by atoms with Crippen LogP contribution in [0.5, 0.6) is 0 Å². The predicted molar refractivity (Wildman–Crippen MR) is 83.1 cm³/mol. The third kappa shape index (κ3) is 2.92. The zero-order valence-corrected chi connectivity index (χ0v) is 12.6. The van der Waals surface area contributed by atoms with Gasteiger partial charge in [0, 0.05) is 32.2 Å². The minimum Gasteiger partial charge on any atom is -0.368 e. The molecule has 3 rings (SSSR count). The number of nitrogens with zero attached hydrogens (tertiary/aromatic N) is 2. The van der Waals surface area contributed by atoms with E-state index in [4.69, 9.17) is 5.73 Å². The molecule has 2 aliphatic heterocycles. The number of hydrogen-bond acceptors (Lipinski definition) is 3. The second-order valence-corrected chi connectivity index (χ2v) is 5.91. The zero-order chi connectivity index (χ0) is 15.5. The van der Waals surface area contributed by atoms with Gasteiger partial charge in [-0.3, -0.25) is 9.69 Å². The van der Waals surface area contributed by atoms with Crippen molar-refractivity contribution in [2.75, 3.05) is 26.2 Å². The molecule has 0 radical (unpaired) electrons. The molecule has 22 heavy (non-hydrogen) atoms. The lowest BCUT2D eigenvalue weighted by Crippen LogP contribution is -2.49. The fourth-order valence-electron chi connectivity index (χ4n) is 3.48. The molecule has 0 bridgehead atoms. The van der Waals surface area contributed by atoms with Crippen LogP contribution in [0, 0.1) is 0 Å². The Hall–Kier alpha value is -2.08. The summed E-state index contributed by atoms with van der Waals surface area (Å²) < 4.78 is 0. The molecule has 0 aliphatic carbocycles. The number of primary amides is 1. The number of rotatable bonds is 4. The lowest BCUT2D eigenvalue weighted by molar-refractivity contribution is -0.124. The number of nitrogens with two attached hydrogens (primary N) is 1. The van der Waals surface area contributed by atoms with E-state index in [2.05, 4.69) is 10.2 Å². The summed E-state index contributed by atoms with van der Waals surface area (Å²) in [6.45, 7) is 3.06. The number of piperidine rings is 1. The molecule has 1 aromatic rings. The van der Waals surface area contributed by atoms with Crippen LogP contribution in [0.15, 0.2) is 30.3 Å². The van der Waals surface area contributed by atoms with Crippen molar-refractivity contribution in [3.05, 3.63) is 35.9 Å². The fourth-order valence-corrected chi connectivity index (χ4v) is 3.48. The van der Waals surface area contributed by atoms with Crippen LogP contribution in [-0.4, -0.2) is 54.0 Å². The maximum atomic E-state index is 11.9. The lowest BCUT2D eigenvalue weighted by atomic mass is 9.98. The Bertz CT molecular complexity index is 540. The van der Waals surface area contributed by atoms with Crippen LogP contribution < -0.4 is 11.1 Å². The monoisotopic (exact) mass is 302 g/mol. The summed E-state index contributed by atoms with van der Waals surface area (Å²) in [4.78, 5) is 27.7. The molecule has 2 aliphatic rings. The van der Waals surface area contributed by atoms with Crippen LogP contribution in [0.1, 0.15) is 24.4 Å². The molecule has 118 valence electrons. The molecule has 2 saturated heterocycles. The van der Waals surface area contributed by atoms with Crippen LogP contribution in [0.4, 0.5) is 4.79 Å². The summed E-state index contributed by atoms with van der Waals surface area (Å²) in [7, 11) is 0. The summed E-state index contributed by atoms with van der Waals surface area (Å²) in [6.07, 6.45) is 1.76. The average molecular weight is 302 g/mol. The van der Waals surface area contributed by atoms with Gasteiger partial charge in [0.2, 0.25) is 5.91 Å². The van der Waals surface area contributed by atoms with Crippen molar-refractivity contribution < 1.29 is 9.59 Å². The molecular weight excluding hydrogens is 280 g/mol. The first-order valence-electron chi connectivity index (χ1n) is 7.79. The van der Waals surface area contributed by atoms with Crippen molar-refractivity contribution in [2.24, 2.45) is 5.73 Å². The molecule has 2 heterocycles. The molecule has 1 atom stereocenters. The van der Waals surface area contributed by atoms with E-state index in [1.807, 2.05) is 35.2 Å². The standard InChI is InChI=1S/C16H22N4O2/c17-15(21)14(12-4-2-1-3-5-12)19-9-6-13(7-10-19)20-11-8-18-16(20)22/h1-5,13-14H,6-11H2,(H2,17,21)(H,18,22)/t14-/m1/s1. The molecule has 0 aromatic heterocycles. The predicted octanol–water partition coefficient (Wildman–Crippen LogP) is 0.703. The van der Waals surface area contributed by atoms with E-state index in [9.17, 15) is 9.59 Å². The number of carbonyl (C=O) groups excluding carboxylic acids is 2. The quantitative estimate of drug-likeness (QED) is 0.859. The van der Waals surface area contributed by atoms with Gasteiger partial charge in [-0.1, -0.05) is 30.3 Å². The Balaban J connectivity index is 1.66. The number of benzene rings is 1. The maximum Gasteiger partial charge on any atom is 0.317 e. The van der Waals surface area contributed by atoms with Gasteiger partial charge in [-0.15, -0.1) is 0 Å². The molecule has 0 saturated carbocycles. The fraction of sp³-hybridized carbons (Fsp3) is 0.500. The number of carbonyl (C=O) groups is 2. The van der Waals surface area contributed by atoms with Crippen LogP contribution in [0.25, 0.3) is 0 Å². The van der Waals surface area contributed by atoms with Gasteiger partial charge in [0.05, 0.1) is 0 Å². The van der Waals surface area contributed by atoms with Gasteiger partial charge >= 0.3 is 6.03 Å². The molecule has 3 amide bonds. The number of hydrogen-bond donors (Lipinski definition) is 2. The summed E-state index contributed by atoms with van der Waals surface area (Å²) in [5.41, 5.74) is 6.56. The normalized spacial score (nSPS) is 21.6. The molecule has 3 N–H and O–H groups in total. The SMILES string of the molecule is NC(=O)[C@@H](c1ccccc1)N1CCC(N2CCNC2=O)CC1. The Morgan fingerprint density at radius 3 is 2.41 bits per heavy atom. The van der Waals surface area contributed by atoms with E-state index in [-0.39, 0.29) is 24.0 Å². The molecule has 6 nitrogen and oxygen atoms in total. The van der Waals surface area contributed by atoms with E-state index in [1.54, 1.807) is 0 Å². The van der Waals surface area contributed by atoms with Gasteiger partial charge in [0.25, 0.3) is 0 Å². The highest BCUT2D eigenvalue weighted by atomic mass is 16.2. The highest BCUT2D eigenvalue weighted by Crippen LogP contribution is 2.26. The topological polar surface area (TPSA) is 78.7 Å². The first-order chi connectivity index (χ1) is 10.7. The van der Waals surface area contributed by atoms with Gasteiger partial charge in [-0.2, -0.15) is 0 Å². The smallest absolute Gasteiger partial charge is 0.317 e. The van der Waals surface area contributed by atoms with Crippen LogP contribution in [-0.2, 0) is 4.79 Å². The zero-order valence-electron chi connectivity index (χ0n) is 12.6. The minimum atomic E-state index is -0.380. The summed E-state index contributed by atoms with van der Waals surface area (Å²) >= 11 is 0. The van der Waals surface area contributed by atoms with Crippen molar-refractivity contribution in [1.29, 1.82) is 0 Å². The molecular formula is C16H22N4O2. The maximum absolute atomic E-state index is 11.9. The highest BCUT2D eigenvalue weighted by Gasteiger charge is 2.34. The third-order valence-corrected chi connectivity index (χ3v) is 4.58. The van der Waals surface area contributed by atoms with Crippen molar-refractivity contribution >= 4 is 11.9 Å². The van der Waals surface area contributed by atoms with E-state index in [0.717, 1.165) is 44.6 Å². The lowest BCUT2D eigenvalue weighted by Gasteiger charge is -2.39. The van der Waals surface area contributed by atoms with Gasteiger partial charge < -0.3 is 16.0 Å². The summed E-state index contributed by atoms with van der Waals surface area (Å²) in [6, 6.07) is 9.58. The number of likely N-dealkylation sites (tertiary alicyclic amines) is 1. The Labute approximate surface area is 130 Å². The second kappa shape index (κ2) is 6.36. The average Bonchev–Trinajstić information content (AvgIpc) is 2.95. The van der Waals surface area contributed by atoms with Crippen LogP contribution in [0.2, 0.25) is 0 Å². The Morgan fingerprint density at radius 1 is 1.18 bits per heavy atom. The van der Waals surface area contributed by atoms with Crippen molar-refractivity contribution in [1.82, 2.24) is 15.1 Å². The molecule has 2 fully saturated rings. The van der Waals surface area contributed by atoms with Gasteiger partial charge in [0.15, 0.2) is 0 Å². The van der Waals surface area contributed by atoms with E-state index < -0.39 is 0 Å². The second-order valence-electron chi connectivity index (χ2n) is 5.91.